The van der Waals surface area contributed by atoms with Gasteiger partial charge in [-0.2, -0.15) is 0 Å². The van der Waals surface area contributed by atoms with Crippen molar-refractivity contribution in [3.63, 3.8) is 0 Å². The van der Waals surface area contributed by atoms with Gasteiger partial charge in [0.05, 0.1) is 5.39 Å². The van der Waals surface area contributed by atoms with Crippen molar-refractivity contribution in [3.05, 3.63) is 21.7 Å². The molecule has 2 rings (SSSR count). The van der Waals surface area contributed by atoms with Crippen molar-refractivity contribution >= 4 is 35.5 Å². The van der Waals surface area contributed by atoms with Crippen LogP contribution in [0.1, 0.15) is 0 Å². The summed E-state index contributed by atoms with van der Waals surface area (Å²) < 4.78 is 1.22. The van der Waals surface area contributed by atoms with Crippen LogP contribution in [0.2, 0.25) is 0 Å². The zero-order valence-corrected chi connectivity index (χ0v) is 7.10. The number of aromatic nitrogens is 3. The fraction of sp³-hybridized carbons (Fsp3) is 0. The summed E-state index contributed by atoms with van der Waals surface area (Å²) in [6.07, 6.45) is 1.82. The summed E-state index contributed by atoms with van der Waals surface area (Å²) in [6, 6.07) is 1.90. The van der Waals surface area contributed by atoms with E-state index < -0.39 is 0 Å². The molecule has 2 aromatic heterocycles. The average Bonchev–Trinajstić information content (AvgIpc) is 2.34. The molecule has 0 aliphatic carbocycles. The predicted molar refractivity (Wildman–Crippen MR) is 48.7 cm³/mol. The smallest absolute Gasteiger partial charge is 0.177 e. The third kappa shape index (κ3) is 1.02. The number of H-pyrrole nitrogens is 3. The van der Waals surface area contributed by atoms with Gasteiger partial charge in [0.2, 0.25) is 0 Å². The Kier molecular flexibility index (Phi) is 1.40. The maximum atomic E-state index is 5.03. The van der Waals surface area contributed by atoms with E-state index in [0.29, 0.717) is 9.41 Å². The Morgan fingerprint density at radius 3 is 2.82 bits per heavy atom. The van der Waals surface area contributed by atoms with E-state index in [1.807, 2.05) is 12.3 Å². The molecule has 0 unspecified atom stereocenters. The molecule has 5 heteroatoms. The molecule has 0 saturated carbocycles. The van der Waals surface area contributed by atoms with Crippen LogP contribution in [-0.4, -0.2) is 15.0 Å². The highest BCUT2D eigenvalue weighted by atomic mass is 32.1. The molecular weight excluding hydrogens is 178 g/mol. The van der Waals surface area contributed by atoms with Crippen LogP contribution in [0.5, 0.6) is 0 Å². The lowest BCUT2D eigenvalue weighted by Gasteiger charge is -1.89. The van der Waals surface area contributed by atoms with Gasteiger partial charge in [0.15, 0.2) is 4.77 Å². The summed E-state index contributed by atoms with van der Waals surface area (Å²) in [5.74, 6) is 0. The summed E-state index contributed by atoms with van der Waals surface area (Å²) in [6.45, 7) is 0. The Labute approximate surface area is 72.5 Å². The van der Waals surface area contributed by atoms with Gasteiger partial charge in [-0.05, 0) is 18.3 Å². The molecule has 0 aromatic carbocycles. The Bertz CT molecular complexity index is 490. The minimum atomic E-state index is 0.546. The topological polar surface area (TPSA) is 47.4 Å². The molecule has 56 valence electrons. The first kappa shape index (κ1) is 6.75. The molecule has 2 heterocycles. The largest absolute Gasteiger partial charge is 0.348 e. The number of hydrogen-bond acceptors (Lipinski definition) is 2. The monoisotopic (exact) mass is 183 g/mol. The van der Waals surface area contributed by atoms with E-state index in [9.17, 15) is 0 Å². The molecule has 0 aliphatic heterocycles. The maximum Gasteiger partial charge on any atom is 0.177 e. The maximum absolute atomic E-state index is 5.03. The van der Waals surface area contributed by atoms with Crippen LogP contribution in [0.15, 0.2) is 12.3 Å². The first-order valence-corrected chi connectivity index (χ1v) is 3.89. The van der Waals surface area contributed by atoms with Crippen molar-refractivity contribution < 1.29 is 0 Å². The standard InChI is InChI=1S/C6H5N3S2/c10-5-3-1-2-7-4(3)8-6(11)9-5/h1-2H,(H3,7,8,9,10,11). The second kappa shape index (κ2) is 2.28. The Balaban J connectivity index is 3.15. The van der Waals surface area contributed by atoms with Crippen LogP contribution in [0.25, 0.3) is 11.0 Å². The number of rotatable bonds is 0. The van der Waals surface area contributed by atoms with Crippen molar-refractivity contribution in [3.8, 4) is 0 Å². The summed E-state index contributed by atoms with van der Waals surface area (Å²) in [7, 11) is 0. The SMILES string of the molecule is S=c1[nH]c(=S)c2cc[nH]c2[nH]1. The number of nitrogens with one attached hydrogen (secondary N) is 3. The number of hydrogen-bond donors (Lipinski definition) is 3. The molecule has 0 bridgehead atoms. The van der Waals surface area contributed by atoms with E-state index >= 15 is 0 Å². The number of aromatic amines is 3. The van der Waals surface area contributed by atoms with Gasteiger partial charge < -0.3 is 15.0 Å². The minimum absolute atomic E-state index is 0.546. The molecule has 3 N–H and O–H groups in total. The molecule has 0 atom stereocenters. The summed E-state index contributed by atoms with van der Waals surface area (Å²) in [5.41, 5.74) is 0.874. The zero-order valence-electron chi connectivity index (χ0n) is 5.47. The molecule has 11 heavy (non-hydrogen) atoms. The van der Waals surface area contributed by atoms with Crippen molar-refractivity contribution in [2.24, 2.45) is 0 Å². The van der Waals surface area contributed by atoms with E-state index in [0.717, 1.165) is 11.0 Å². The molecule has 0 fully saturated rings. The van der Waals surface area contributed by atoms with Crippen molar-refractivity contribution in [1.29, 1.82) is 0 Å². The van der Waals surface area contributed by atoms with Gasteiger partial charge in [0.1, 0.15) is 10.3 Å². The van der Waals surface area contributed by atoms with Crippen LogP contribution in [0, 0.1) is 9.41 Å². The highest BCUT2D eigenvalue weighted by Gasteiger charge is 1.94. The molecule has 0 radical (unpaired) electrons. The summed E-state index contributed by atoms with van der Waals surface area (Å²) in [5, 5.41) is 0.966. The summed E-state index contributed by atoms with van der Waals surface area (Å²) in [4.78, 5) is 8.79. The van der Waals surface area contributed by atoms with Gasteiger partial charge in [-0.25, -0.2) is 0 Å². The normalized spacial score (nSPS) is 10.5. The quantitative estimate of drug-likeness (QED) is 0.549. The summed E-state index contributed by atoms with van der Waals surface area (Å²) >= 11 is 9.93. The lowest BCUT2D eigenvalue weighted by Crippen LogP contribution is -1.82. The molecule has 0 aliphatic rings. The van der Waals surface area contributed by atoms with Gasteiger partial charge in [-0.15, -0.1) is 0 Å². The molecule has 2 aromatic rings. The average molecular weight is 183 g/mol. The predicted octanol–water partition coefficient (Wildman–Crippen LogP) is 2.28. The van der Waals surface area contributed by atoms with Crippen LogP contribution >= 0.6 is 24.4 Å². The van der Waals surface area contributed by atoms with Crippen molar-refractivity contribution in [2.45, 2.75) is 0 Å². The fourth-order valence-electron chi connectivity index (χ4n) is 0.977. The molecule has 0 amide bonds. The van der Waals surface area contributed by atoms with Crippen molar-refractivity contribution in [2.75, 3.05) is 0 Å². The lowest BCUT2D eigenvalue weighted by atomic mass is 10.4. The van der Waals surface area contributed by atoms with E-state index in [4.69, 9.17) is 24.4 Å². The first-order valence-electron chi connectivity index (χ1n) is 3.07. The highest BCUT2D eigenvalue weighted by Crippen LogP contribution is 2.08. The third-order valence-corrected chi connectivity index (χ3v) is 1.98. The van der Waals surface area contributed by atoms with Crippen molar-refractivity contribution in [1.82, 2.24) is 15.0 Å². The molecular formula is C6H5N3S2. The van der Waals surface area contributed by atoms with Gasteiger partial charge in [0.25, 0.3) is 0 Å². The number of fused-ring (bicyclic) bond motifs is 1. The Morgan fingerprint density at radius 2 is 2.00 bits per heavy atom. The van der Waals surface area contributed by atoms with Crippen LogP contribution in [0.3, 0.4) is 0 Å². The first-order chi connectivity index (χ1) is 5.27. The lowest BCUT2D eigenvalue weighted by molar-refractivity contribution is 1.15. The van der Waals surface area contributed by atoms with E-state index in [1.165, 1.54) is 0 Å². The fourth-order valence-corrected chi connectivity index (χ4v) is 1.52. The van der Waals surface area contributed by atoms with Crippen LogP contribution < -0.4 is 0 Å². The molecule has 0 saturated heterocycles. The highest BCUT2D eigenvalue weighted by molar-refractivity contribution is 7.72. The third-order valence-electron chi connectivity index (χ3n) is 1.46. The Morgan fingerprint density at radius 1 is 1.18 bits per heavy atom. The van der Waals surface area contributed by atoms with Gasteiger partial charge >= 0.3 is 0 Å². The molecule has 3 nitrogen and oxygen atoms in total. The van der Waals surface area contributed by atoms with E-state index in [1.54, 1.807) is 0 Å². The molecule has 0 spiro atoms. The van der Waals surface area contributed by atoms with Crippen LogP contribution in [-0.2, 0) is 0 Å². The second-order valence-corrected chi connectivity index (χ2v) is 2.99. The van der Waals surface area contributed by atoms with Crippen LogP contribution in [0.4, 0.5) is 0 Å². The zero-order chi connectivity index (χ0) is 7.84. The minimum Gasteiger partial charge on any atom is -0.348 e. The second-order valence-electron chi connectivity index (χ2n) is 2.17. The van der Waals surface area contributed by atoms with Gasteiger partial charge in [0, 0.05) is 6.20 Å². The van der Waals surface area contributed by atoms with E-state index in [-0.39, 0.29) is 0 Å². The Hall–Kier alpha value is -0.940. The van der Waals surface area contributed by atoms with Gasteiger partial charge in [-0.3, -0.25) is 0 Å². The van der Waals surface area contributed by atoms with Gasteiger partial charge in [-0.1, -0.05) is 12.2 Å². The van der Waals surface area contributed by atoms with E-state index in [2.05, 4.69) is 15.0 Å².